The Kier molecular flexibility index (Phi) is 2.79. The van der Waals surface area contributed by atoms with Gasteiger partial charge in [0.25, 0.3) is 0 Å². The molecule has 3 aromatic rings. The molecule has 4 nitrogen and oxygen atoms in total. The van der Waals surface area contributed by atoms with Crippen molar-refractivity contribution in [2.24, 2.45) is 0 Å². The van der Waals surface area contributed by atoms with Crippen LogP contribution < -0.4 is 5.32 Å². The Balaban J connectivity index is 2.07. The Morgan fingerprint density at radius 3 is 2.84 bits per heavy atom. The normalized spacial score (nSPS) is 10.6. The van der Waals surface area contributed by atoms with Crippen LogP contribution in [0.4, 0.5) is 15.9 Å². The number of nitrogens with one attached hydrogen (secondary N) is 1. The summed E-state index contributed by atoms with van der Waals surface area (Å²) in [5.41, 5.74) is 2.64. The lowest BCUT2D eigenvalue weighted by Crippen LogP contribution is -1.97. The number of aromatic nitrogens is 3. The summed E-state index contributed by atoms with van der Waals surface area (Å²) >= 11 is 0. The first-order chi connectivity index (χ1) is 9.22. The lowest BCUT2D eigenvalue weighted by Gasteiger charge is -2.08. The van der Waals surface area contributed by atoms with Crippen LogP contribution >= 0.6 is 0 Å². The number of pyridine rings is 1. The van der Waals surface area contributed by atoms with Crippen LogP contribution in [0.25, 0.3) is 10.9 Å². The maximum atomic E-state index is 13.2. The number of aryl methyl sites for hydroxylation is 1. The van der Waals surface area contributed by atoms with Crippen LogP contribution in [-0.4, -0.2) is 15.0 Å². The fourth-order valence-electron chi connectivity index (χ4n) is 1.89. The van der Waals surface area contributed by atoms with Gasteiger partial charge in [0, 0.05) is 17.1 Å². The quantitative estimate of drug-likeness (QED) is 0.713. The summed E-state index contributed by atoms with van der Waals surface area (Å²) in [6.45, 7) is 2.01. The van der Waals surface area contributed by atoms with Gasteiger partial charge in [0.1, 0.15) is 12.1 Å². The fraction of sp³-hybridized carbons (Fsp3) is 0.0714. The Bertz CT molecular complexity index is 742. The molecule has 2 aromatic heterocycles. The van der Waals surface area contributed by atoms with Crippen molar-refractivity contribution in [2.45, 2.75) is 6.92 Å². The highest BCUT2D eigenvalue weighted by Crippen LogP contribution is 2.23. The molecule has 2 heterocycles. The van der Waals surface area contributed by atoms with E-state index in [-0.39, 0.29) is 0 Å². The third-order valence-electron chi connectivity index (χ3n) is 2.77. The summed E-state index contributed by atoms with van der Waals surface area (Å²) < 4.78 is 13.2. The second-order valence-corrected chi connectivity index (χ2v) is 4.24. The van der Waals surface area contributed by atoms with Gasteiger partial charge in [-0.05, 0) is 24.6 Å². The molecule has 19 heavy (non-hydrogen) atoms. The molecule has 0 spiro atoms. The molecular formula is C14H11FN4. The molecule has 0 aliphatic heterocycles. The predicted octanol–water partition coefficient (Wildman–Crippen LogP) is 3.22. The molecule has 5 heteroatoms. The second-order valence-electron chi connectivity index (χ2n) is 4.24. The highest BCUT2D eigenvalue weighted by atomic mass is 19.1. The fourth-order valence-corrected chi connectivity index (χ4v) is 1.89. The maximum absolute atomic E-state index is 13.2. The van der Waals surface area contributed by atoms with Gasteiger partial charge in [-0.25, -0.2) is 15.0 Å². The Hall–Kier alpha value is -2.56. The first kappa shape index (κ1) is 11.5. The van der Waals surface area contributed by atoms with Crippen LogP contribution in [-0.2, 0) is 0 Å². The van der Waals surface area contributed by atoms with Gasteiger partial charge < -0.3 is 5.32 Å². The number of nitrogens with zero attached hydrogens (tertiary/aromatic N) is 3. The average Bonchev–Trinajstić information content (AvgIpc) is 2.39. The highest BCUT2D eigenvalue weighted by Gasteiger charge is 2.06. The van der Waals surface area contributed by atoms with Crippen molar-refractivity contribution < 1.29 is 4.39 Å². The van der Waals surface area contributed by atoms with Gasteiger partial charge in [0.05, 0.1) is 11.7 Å². The van der Waals surface area contributed by atoms with Gasteiger partial charge in [-0.1, -0.05) is 12.1 Å². The zero-order valence-corrected chi connectivity index (χ0v) is 10.3. The van der Waals surface area contributed by atoms with Crippen molar-refractivity contribution in [1.29, 1.82) is 0 Å². The van der Waals surface area contributed by atoms with E-state index < -0.39 is 5.95 Å². The predicted molar refractivity (Wildman–Crippen MR) is 71.8 cm³/mol. The minimum atomic E-state index is -0.547. The maximum Gasteiger partial charge on any atom is 0.213 e. The molecule has 0 bridgehead atoms. The van der Waals surface area contributed by atoms with Gasteiger partial charge in [-0.2, -0.15) is 4.39 Å². The minimum Gasteiger partial charge on any atom is -0.340 e. The summed E-state index contributed by atoms with van der Waals surface area (Å²) in [6.07, 6.45) is 2.83. The molecule has 0 aliphatic carbocycles. The Morgan fingerprint density at radius 1 is 1.11 bits per heavy atom. The van der Waals surface area contributed by atoms with Gasteiger partial charge in [-0.3, -0.25) is 0 Å². The smallest absolute Gasteiger partial charge is 0.213 e. The monoisotopic (exact) mass is 254 g/mol. The van der Waals surface area contributed by atoms with Crippen molar-refractivity contribution in [3.8, 4) is 0 Å². The van der Waals surface area contributed by atoms with E-state index in [2.05, 4.69) is 20.3 Å². The van der Waals surface area contributed by atoms with Crippen LogP contribution in [0, 0.1) is 12.9 Å². The Morgan fingerprint density at radius 2 is 2.00 bits per heavy atom. The SMILES string of the molecule is Cc1cccc(Nc2ncnc3cnc(F)cc23)c1. The van der Waals surface area contributed by atoms with E-state index in [9.17, 15) is 4.39 Å². The van der Waals surface area contributed by atoms with Gasteiger partial charge in [0.2, 0.25) is 5.95 Å². The number of anilines is 2. The number of fused-ring (bicyclic) bond motifs is 1. The van der Waals surface area contributed by atoms with E-state index in [0.717, 1.165) is 11.3 Å². The van der Waals surface area contributed by atoms with Crippen molar-refractivity contribution in [1.82, 2.24) is 15.0 Å². The third-order valence-corrected chi connectivity index (χ3v) is 2.77. The van der Waals surface area contributed by atoms with Crippen molar-refractivity contribution >= 4 is 22.4 Å². The molecule has 0 radical (unpaired) electrons. The average molecular weight is 254 g/mol. The topological polar surface area (TPSA) is 50.7 Å². The molecule has 0 saturated heterocycles. The lowest BCUT2D eigenvalue weighted by molar-refractivity contribution is 0.586. The molecule has 0 aliphatic rings. The van der Waals surface area contributed by atoms with Gasteiger partial charge >= 0.3 is 0 Å². The second kappa shape index (κ2) is 4.61. The molecule has 0 saturated carbocycles. The van der Waals surface area contributed by atoms with E-state index >= 15 is 0 Å². The zero-order chi connectivity index (χ0) is 13.2. The van der Waals surface area contributed by atoms with Crippen LogP contribution in [0.15, 0.2) is 42.9 Å². The Labute approximate surface area is 109 Å². The number of benzene rings is 1. The standard InChI is InChI=1S/C14H11FN4/c1-9-3-2-4-10(5-9)19-14-11-6-13(15)16-7-12(11)17-8-18-14/h2-8H,1H3,(H,17,18,19). The van der Waals surface area contributed by atoms with Crippen molar-refractivity contribution in [3.63, 3.8) is 0 Å². The van der Waals surface area contributed by atoms with E-state index in [0.29, 0.717) is 16.7 Å². The first-order valence-corrected chi connectivity index (χ1v) is 5.82. The summed E-state index contributed by atoms with van der Waals surface area (Å²) in [4.78, 5) is 11.8. The van der Waals surface area contributed by atoms with Crippen LogP contribution in [0.2, 0.25) is 0 Å². The van der Waals surface area contributed by atoms with Gasteiger partial charge in [-0.15, -0.1) is 0 Å². The third kappa shape index (κ3) is 2.35. The summed E-state index contributed by atoms with van der Waals surface area (Å²) in [5, 5.41) is 3.78. The molecule has 94 valence electrons. The molecule has 1 N–H and O–H groups in total. The number of hydrogen-bond acceptors (Lipinski definition) is 4. The highest BCUT2D eigenvalue weighted by molar-refractivity contribution is 5.89. The largest absolute Gasteiger partial charge is 0.340 e. The molecule has 0 atom stereocenters. The van der Waals surface area contributed by atoms with Gasteiger partial charge in [0.15, 0.2) is 0 Å². The number of hydrogen-bond donors (Lipinski definition) is 1. The first-order valence-electron chi connectivity index (χ1n) is 5.82. The zero-order valence-electron chi connectivity index (χ0n) is 10.3. The van der Waals surface area contributed by atoms with E-state index in [1.807, 2.05) is 31.2 Å². The number of rotatable bonds is 2. The van der Waals surface area contributed by atoms with E-state index in [1.54, 1.807) is 0 Å². The molecule has 0 amide bonds. The molecule has 3 rings (SSSR count). The van der Waals surface area contributed by atoms with Crippen LogP contribution in [0.1, 0.15) is 5.56 Å². The summed E-state index contributed by atoms with van der Waals surface area (Å²) in [6, 6.07) is 9.20. The molecular weight excluding hydrogens is 243 g/mol. The molecule has 1 aromatic carbocycles. The van der Waals surface area contributed by atoms with Crippen LogP contribution in [0.3, 0.4) is 0 Å². The van der Waals surface area contributed by atoms with Crippen molar-refractivity contribution in [2.75, 3.05) is 5.32 Å². The summed E-state index contributed by atoms with van der Waals surface area (Å²) in [7, 11) is 0. The summed E-state index contributed by atoms with van der Waals surface area (Å²) in [5.74, 6) is 0.0199. The minimum absolute atomic E-state index is 0.547. The van der Waals surface area contributed by atoms with E-state index in [1.165, 1.54) is 18.6 Å². The lowest BCUT2D eigenvalue weighted by atomic mass is 10.2. The molecule has 0 fully saturated rings. The van der Waals surface area contributed by atoms with E-state index in [4.69, 9.17) is 0 Å². The van der Waals surface area contributed by atoms with Crippen LogP contribution in [0.5, 0.6) is 0 Å². The molecule has 0 unspecified atom stereocenters. The number of halogens is 1. The van der Waals surface area contributed by atoms with Crippen molar-refractivity contribution in [3.05, 3.63) is 54.4 Å².